The SMILES string of the molecule is OC(c1ccccc1Cl)c1cc(F)c(F)cc1Cl. The Hall–Kier alpha value is -1.16. The number of hydrogen-bond donors (Lipinski definition) is 1. The molecule has 94 valence electrons. The lowest BCUT2D eigenvalue weighted by atomic mass is 10.0. The molecule has 0 saturated carbocycles. The van der Waals surface area contributed by atoms with Gasteiger partial charge in [0.05, 0.1) is 0 Å². The molecule has 0 bridgehead atoms. The number of rotatable bonds is 2. The summed E-state index contributed by atoms with van der Waals surface area (Å²) in [6.45, 7) is 0. The van der Waals surface area contributed by atoms with Crippen molar-refractivity contribution in [2.75, 3.05) is 0 Å². The standard InChI is InChI=1S/C13H8Cl2F2O/c14-9-4-2-1-3-7(9)13(18)8-5-11(16)12(17)6-10(8)15/h1-6,13,18H. The molecule has 2 aromatic carbocycles. The van der Waals surface area contributed by atoms with E-state index in [-0.39, 0.29) is 10.6 Å². The van der Waals surface area contributed by atoms with Crippen molar-refractivity contribution in [2.24, 2.45) is 0 Å². The largest absolute Gasteiger partial charge is 0.384 e. The molecule has 2 aromatic rings. The van der Waals surface area contributed by atoms with Crippen LogP contribution < -0.4 is 0 Å². The van der Waals surface area contributed by atoms with Gasteiger partial charge in [-0.1, -0.05) is 41.4 Å². The number of benzene rings is 2. The van der Waals surface area contributed by atoms with Crippen LogP contribution >= 0.6 is 23.2 Å². The van der Waals surface area contributed by atoms with Crippen molar-refractivity contribution in [1.29, 1.82) is 0 Å². The van der Waals surface area contributed by atoms with Gasteiger partial charge in [0.15, 0.2) is 11.6 Å². The average molecular weight is 289 g/mol. The maximum absolute atomic E-state index is 13.2. The van der Waals surface area contributed by atoms with E-state index in [1.165, 1.54) is 0 Å². The van der Waals surface area contributed by atoms with Gasteiger partial charge < -0.3 is 5.11 Å². The van der Waals surface area contributed by atoms with E-state index in [9.17, 15) is 13.9 Å². The summed E-state index contributed by atoms with van der Waals surface area (Å²) in [5.41, 5.74) is 0.454. The minimum Gasteiger partial charge on any atom is -0.384 e. The molecule has 0 radical (unpaired) electrons. The molecule has 0 fully saturated rings. The minimum absolute atomic E-state index is 0.0543. The quantitative estimate of drug-likeness (QED) is 0.815. The first-order valence-corrected chi connectivity index (χ1v) is 5.83. The molecule has 0 aliphatic carbocycles. The Morgan fingerprint density at radius 2 is 1.50 bits per heavy atom. The Bertz CT molecular complexity index is 587. The predicted octanol–water partition coefficient (Wildman–Crippen LogP) is 4.35. The van der Waals surface area contributed by atoms with Gasteiger partial charge in [0.2, 0.25) is 0 Å². The molecule has 1 atom stereocenters. The number of aliphatic hydroxyl groups is 1. The third kappa shape index (κ3) is 2.48. The van der Waals surface area contributed by atoms with Crippen molar-refractivity contribution < 1.29 is 13.9 Å². The van der Waals surface area contributed by atoms with E-state index >= 15 is 0 Å². The zero-order valence-corrected chi connectivity index (χ0v) is 10.5. The van der Waals surface area contributed by atoms with Gasteiger partial charge >= 0.3 is 0 Å². The van der Waals surface area contributed by atoms with Gasteiger partial charge in [0.25, 0.3) is 0 Å². The van der Waals surface area contributed by atoms with Crippen LogP contribution in [0, 0.1) is 11.6 Å². The molecule has 0 saturated heterocycles. The monoisotopic (exact) mass is 288 g/mol. The van der Waals surface area contributed by atoms with Gasteiger partial charge in [-0.25, -0.2) is 8.78 Å². The summed E-state index contributed by atoms with van der Waals surface area (Å²) in [5, 5.41) is 10.4. The Kier molecular flexibility index (Phi) is 3.85. The normalized spacial score (nSPS) is 12.5. The third-order valence-electron chi connectivity index (χ3n) is 2.53. The Morgan fingerprint density at radius 1 is 0.889 bits per heavy atom. The molecule has 0 amide bonds. The van der Waals surface area contributed by atoms with Crippen LogP contribution in [-0.2, 0) is 0 Å². The molecule has 0 aromatic heterocycles. The summed E-state index contributed by atoms with van der Waals surface area (Å²) >= 11 is 11.7. The van der Waals surface area contributed by atoms with Gasteiger partial charge in [0.1, 0.15) is 6.10 Å². The Morgan fingerprint density at radius 3 is 2.17 bits per heavy atom. The number of aliphatic hydroxyl groups excluding tert-OH is 1. The molecule has 18 heavy (non-hydrogen) atoms. The summed E-state index contributed by atoms with van der Waals surface area (Å²) < 4.78 is 26.1. The molecule has 1 nitrogen and oxygen atoms in total. The van der Waals surface area contributed by atoms with E-state index in [0.717, 1.165) is 12.1 Å². The van der Waals surface area contributed by atoms with Crippen molar-refractivity contribution in [2.45, 2.75) is 6.10 Å². The fourth-order valence-corrected chi connectivity index (χ4v) is 2.10. The second-order valence-corrected chi connectivity index (χ2v) is 4.53. The van der Waals surface area contributed by atoms with E-state index in [0.29, 0.717) is 10.6 Å². The predicted molar refractivity (Wildman–Crippen MR) is 66.9 cm³/mol. The van der Waals surface area contributed by atoms with Crippen LogP contribution in [0.25, 0.3) is 0 Å². The average Bonchev–Trinajstić information content (AvgIpc) is 2.33. The van der Waals surface area contributed by atoms with Crippen LogP contribution in [0.2, 0.25) is 10.0 Å². The molecule has 1 unspecified atom stereocenters. The molecular formula is C13H8Cl2F2O. The first kappa shape index (κ1) is 13.3. The van der Waals surface area contributed by atoms with Crippen molar-refractivity contribution in [3.8, 4) is 0 Å². The summed E-state index contributed by atoms with van der Waals surface area (Å²) in [6, 6.07) is 8.25. The fourth-order valence-electron chi connectivity index (χ4n) is 1.61. The molecule has 0 aliphatic rings. The first-order chi connectivity index (χ1) is 8.50. The van der Waals surface area contributed by atoms with Crippen molar-refractivity contribution in [3.05, 3.63) is 69.2 Å². The first-order valence-electron chi connectivity index (χ1n) is 5.07. The lowest BCUT2D eigenvalue weighted by Gasteiger charge is -2.14. The maximum Gasteiger partial charge on any atom is 0.160 e. The van der Waals surface area contributed by atoms with Crippen LogP contribution in [0.4, 0.5) is 8.78 Å². The minimum atomic E-state index is -1.21. The number of hydrogen-bond acceptors (Lipinski definition) is 1. The highest BCUT2D eigenvalue weighted by molar-refractivity contribution is 6.32. The zero-order chi connectivity index (χ0) is 13.3. The van der Waals surface area contributed by atoms with E-state index < -0.39 is 17.7 Å². The lowest BCUT2D eigenvalue weighted by Crippen LogP contribution is -2.03. The van der Waals surface area contributed by atoms with E-state index in [1.54, 1.807) is 24.3 Å². The van der Waals surface area contributed by atoms with Gasteiger partial charge in [-0.3, -0.25) is 0 Å². The van der Waals surface area contributed by atoms with Gasteiger partial charge in [-0.05, 0) is 18.2 Å². The van der Waals surface area contributed by atoms with Crippen LogP contribution in [-0.4, -0.2) is 5.11 Å². The summed E-state index contributed by atoms with van der Waals surface area (Å²) in [5.74, 6) is -2.13. The van der Waals surface area contributed by atoms with Crippen LogP contribution in [0.1, 0.15) is 17.2 Å². The van der Waals surface area contributed by atoms with Crippen LogP contribution in [0.15, 0.2) is 36.4 Å². The molecule has 5 heteroatoms. The second-order valence-electron chi connectivity index (χ2n) is 3.71. The molecule has 1 N–H and O–H groups in total. The topological polar surface area (TPSA) is 20.2 Å². The summed E-state index contributed by atoms with van der Waals surface area (Å²) in [7, 11) is 0. The fraction of sp³-hybridized carbons (Fsp3) is 0.0769. The molecule has 0 spiro atoms. The third-order valence-corrected chi connectivity index (χ3v) is 3.21. The van der Waals surface area contributed by atoms with Crippen LogP contribution in [0.3, 0.4) is 0 Å². The molecule has 0 aliphatic heterocycles. The molecule has 0 heterocycles. The van der Waals surface area contributed by atoms with Crippen LogP contribution in [0.5, 0.6) is 0 Å². The van der Waals surface area contributed by atoms with Crippen molar-refractivity contribution in [3.63, 3.8) is 0 Å². The highest BCUT2D eigenvalue weighted by Crippen LogP contribution is 2.33. The maximum atomic E-state index is 13.2. The number of halogens is 4. The lowest BCUT2D eigenvalue weighted by molar-refractivity contribution is 0.219. The molecule has 2 rings (SSSR count). The van der Waals surface area contributed by atoms with Gasteiger partial charge in [-0.15, -0.1) is 0 Å². The Balaban J connectivity index is 2.50. The molecular weight excluding hydrogens is 281 g/mol. The van der Waals surface area contributed by atoms with Crippen molar-refractivity contribution >= 4 is 23.2 Å². The van der Waals surface area contributed by atoms with E-state index in [1.807, 2.05) is 0 Å². The van der Waals surface area contributed by atoms with Crippen molar-refractivity contribution in [1.82, 2.24) is 0 Å². The second kappa shape index (κ2) is 5.22. The van der Waals surface area contributed by atoms with Gasteiger partial charge in [0, 0.05) is 21.2 Å². The highest BCUT2D eigenvalue weighted by Gasteiger charge is 2.19. The highest BCUT2D eigenvalue weighted by atomic mass is 35.5. The van der Waals surface area contributed by atoms with Gasteiger partial charge in [-0.2, -0.15) is 0 Å². The van der Waals surface area contributed by atoms with E-state index in [2.05, 4.69) is 0 Å². The smallest absolute Gasteiger partial charge is 0.160 e. The Labute approximate surface area is 113 Å². The summed E-state index contributed by atoms with van der Waals surface area (Å²) in [6.07, 6.45) is -1.21. The van der Waals surface area contributed by atoms with E-state index in [4.69, 9.17) is 23.2 Å². The zero-order valence-electron chi connectivity index (χ0n) is 9.00. The summed E-state index contributed by atoms with van der Waals surface area (Å²) in [4.78, 5) is 0.